The lowest BCUT2D eigenvalue weighted by Crippen LogP contribution is -2.20. The topological polar surface area (TPSA) is 141 Å². The van der Waals surface area contributed by atoms with Gasteiger partial charge in [0.25, 0.3) is 5.91 Å². The second kappa shape index (κ2) is 7.08. The van der Waals surface area contributed by atoms with Crippen molar-refractivity contribution >= 4 is 48.6 Å². The molecule has 0 unspecified atom stereocenters. The molecule has 0 aliphatic carbocycles. The number of rotatable bonds is 6. The smallest absolute Gasteiger partial charge is 0.264 e. The second-order valence-electron chi connectivity index (χ2n) is 5.83. The number of nitrogens with zero attached hydrogens (tertiary/aromatic N) is 5. The molecule has 0 bridgehead atoms. The van der Waals surface area contributed by atoms with Crippen LogP contribution in [-0.2, 0) is 21.9 Å². The number of ether oxygens (including phenoxy) is 1. The van der Waals surface area contributed by atoms with Crippen LogP contribution in [0.2, 0.25) is 0 Å². The third-order valence-corrected chi connectivity index (χ3v) is 4.82. The van der Waals surface area contributed by atoms with Crippen molar-refractivity contribution in [3.63, 3.8) is 0 Å². The van der Waals surface area contributed by atoms with Crippen LogP contribution in [0.4, 0.5) is 10.3 Å². The van der Waals surface area contributed by atoms with E-state index in [-0.39, 0.29) is 16.9 Å². The van der Waals surface area contributed by atoms with Crippen molar-refractivity contribution in [3.8, 4) is 5.88 Å². The minimum atomic E-state index is -3.46. The van der Waals surface area contributed by atoms with E-state index in [4.69, 9.17) is 4.74 Å². The highest BCUT2D eigenvalue weighted by Gasteiger charge is 2.16. The Morgan fingerprint density at radius 1 is 1.30 bits per heavy atom. The monoisotopic (exact) mass is 411 g/mol. The zero-order chi connectivity index (χ0) is 19.8. The summed E-state index contributed by atoms with van der Waals surface area (Å²) in [5, 5.41) is 15.0. The third kappa shape index (κ3) is 4.49. The Balaban J connectivity index is 1.67. The molecule has 0 atom stereocenters. The maximum atomic E-state index is 12.1. The largest absolute Gasteiger partial charge is 0.466 e. The van der Waals surface area contributed by atoms with Gasteiger partial charge in [0.2, 0.25) is 26.2 Å². The lowest BCUT2D eigenvalue weighted by atomic mass is 10.2. The number of hydrogen-bond acceptors (Lipinski definition) is 9. The molecular formula is C14H17N7O4S2. The zero-order valence-corrected chi connectivity index (χ0v) is 16.6. The number of carbonyl (C=O) groups is 1. The Kier molecular flexibility index (Phi) is 4.97. The van der Waals surface area contributed by atoms with Gasteiger partial charge in [-0.2, -0.15) is 0 Å². The molecule has 3 rings (SSSR count). The van der Waals surface area contributed by atoms with Crippen LogP contribution < -0.4 is 14.8 Å². The summed E-state index contributed by atoms with van der Waals surface area (Å²) in [5.41, 5.74) is 2.48. The fourth-order valence-electron chi connectivity index (χ4n) is 2.41. The Morgan fingerprint density at radius 2 is 2.00 bits per heavy atom. The molecule has 0 spiro atoms. The van der Waals surface area contributed by atoms with E-state index < -0.39 is 15.9 Å². The first-order chi connectivity index (χ1) is 12.6. The maximum absolute atomic E-state index is 12.1. The van der Waals surface area contributed by atoms with Crippen LogP contribution in [0.5, 0.6) is 5.88 Å². The molecule has 0 radical (unpaired) electrons. The summed E-state index contributed by atoms with van der Waals surface area (Å²) < 4.78 is 31.6. The van der Waals surface area contributed by atoms with Crippen molar-refractivity contribution in [1.82, 2.24) is 25.0 Å². The Morgan fingerprint density at radius 3 is 2.70 bits per heavy atom. The minimum Gasteiger partial charge on any atom is -0.466 e. The summed E-state index contributed by atoms with van der Waals surface area (Å²) in [7, 11) is -1.71. The molecule has 11 nitrogen and oxygen atoms in total. The summed E-state index contributed by atoms with van der Waals surface area (Å²) in [4.78, 5) is 16.5. The fourth-order valence-corrected chi connectivity index (χ4v) is 3.90. The van der Waals surface area contributed by atoms with Crippen LogP contribution in [0.25, 0.3) is 11.0 Å². The van der Waals surface area contributed by atoms with Crippen molar-refractivity contribution in [1.29, 1.82) is 0 Å². The average Bonchev–Trinajstić information content (AvgIpc) is 3.08. The van der Waals surface area contributed by atoms with Crippen LogP contribution in [0, 0.1) is 13.8 Å². The van der Waals surface area contributed by atoms with Gasteiger partial charge in [-0.05, 0) is 25.5 Å². The predicted molar refractivity (Wildman–Crippen MR) is 100 cm³/mol. The average molecular weight is 411 g/mol. The SMILES string of the molecule is Cc1cc(C)c2c(OCC(=O)Nc3nnc(NS(C)(=O)=O)s3)nn(C)c2n1. The Labute approximate surface area is 158 Å². The quantitative estimate of drug-likeness (QED) is 0.607. The molecule has 3 heterocycles. The summed E-state index contributed by atoms with van der Waals surface area (Å²) >= 11 is 0.891. The fraction of sp³-hybridized carbons (Fsp3) is 0.357. The third-order valence-electron chi connectivity index (χ3n) is 3.37. The van der Waals surface area contributed by atoms with E-state index in [0.717, 1.165) is 34.2 Å². The zero-order valence-electron chi connectivity index (χ0n) is 15.0. The van der Waals surface area contributed by atoms with Crippen molar-refractivity contribution in [2.45, 2.75) is 13.8 Å². The second-order valence-corrected chi connectivity index (χ2v) is 8.56. The van der Waals surface area contributed by atoms with Crippen LogP contribution in [-0.4, -0.2) is 52.1 Å². The van der Waals surface area contributed by atoms with Crippen molar-refractivity contribution in [2.24, 2.45) is 7.05 Å². The molecule has 0 fully saturated rings. The van der Waals surface area contributed by atoms with Crippen LogP contribution in [0.1, 0.15) is 11.3 Å². The maximum Gasteiger partial charge on any atom is 0.264 e. The number of sulfonamides is 1. The van der Waals surface area contributed by atoms with Gasteiger partial charge in [-0.15, -0.1) is 15.3 Å². The molecule has 0 aliphatic heterocycles. The van der Waals surface area contributed by atoms with Gasteiger partial charge in [0.05, 0.1) is 11.6 Å². The van der Waals surface area contributed by atoms with Crippen molar-refractivity contribution < 1.29 is 17.9 Å². The van der Waals surface area contributed by atoms with Crippen LogP contribution >= 0.6 is 11.3 Å². The van der Waals surface area contributed by atoms with Gasteiger partial charge < -0.3 is 4.74 Å². The molecule has 13 heteroatoms. The first-order valence-electron chi connectivity index (χ1n) is 7.67. The molecule has 0 aromatic carbocycles. The van der Waals surface area contributed by atoms with Crippen LogP contribution in [0.3, 0.4) is 0 Å². The summed E-state index contributed by atoms with van der Waals surface area (Å²) in [6.07, 6.45) is 0.996. The Bertz CT molecular complexity index is 1120. The van der Waals surface area contributed by atoms with Gasteiger partial charge in [0.15, 0.2) is 12.3 Å². The highest BCUT2D eigenvalue weighted by atomic mass is 32.2. The summed E-state index contributed by atoms with van der Waals surface area (Å²) in [6, 6.07) is 1.91. The molecule has 0 saturated carbocycles. The van der Waals surface area contributed by atoms with E-state index in [2.05, 4.69) is 30.3 Å². The molecule has 2 N–H and O–H groups in total. The van der Waals surface area contributed by atoms with Crippen LogP contribution in [0.15, 0.2) is 6.07 Å². The van der Waals surface area contributed by atoms with E-state index in [1.165, 1.54) is 0 Å². The molecule has 3 aromatic rings. The van der Waals surface area contributed by atoms with E-state index in [9.17, 15) is 13.2 Å². The number of fused-ring (bicyclic) bond motifs is 1. The molecule has 0 saturated heterocycles. The molecule has 27 heavy (non-hydrogen) atoms. The predicted octanol–water partition coefficient (Wildman–Crippen LogP) is 0.826. The molecule has 3 aromatic heterocycles. The van der Waals surface area contributed by atoms with Gasteiger partial charge in [-0.3, -0.25) is 14.8 Å². The number of amides is 1. The normalized spacial score (nSPS) is 11.6. The van der Waals surface area contributed by atoms with E-state index in [1.54, 1.807) is 11.7 Å². The van der Waals surface area contributed by atoms with Crippen molar-refractivity contribution in [2.75, 3.05) is 22.9 Å². The molecular weight excluding hydrogens is 394 g/mol. The molecule has 144 valence electrons. The number of pyridine rings is 1. The van der Waals surface area contributed by atoms with Crippen molar-refractivity contribution in [3.05, 3.63) is 17.3 Å². The minimum absolute atomic E-state index is 0.0570. The number of anilines is 2. The van der Waals surface area contributed by atoms with Gasteiger partial charge in [0, 0.05) is 12.7 Å². The lowest BCUT2D eigenvalue weighted by Gasteiger charge is -2.04. The highest BCUT2D eigenvalue weighted by molar-refractivity contribution is 7.92. The summed E-state index contributed by atoms with van der Waals surface area (Å²) in [6.45, 7) is 3.51. The first kappa shape index (κ1) is 19.0. The summed E-state index contributed by atoms with van der Waals surface area (Å²) in [5.74, 6) is -0.169. The number of hydrogen-bond donors (Lipinski definition) is 2. The first-order valence-corrected chi connectivity index (χ1v) is 10.4. The van der Waals surface area contributed by atoms with E-state index >= 15 is 0 Å². The number of nitrogens with one attached hydrogen (secondary N) is 2. The van der Waals surface area contributed by atoms with Gasteiger partial charge in [-0.1, -0.05) is 11.3 Å². The van der Waals surface area contributed by atoms with E-state index in [1.807, 2.05) is 19.9 Å². The number of aryl methyl sites for hydroxylation is 3. The molecule has 1 amide bonds. The van der Waals surface area contributed by atoms with E-state index in [0.29, 0.717) is 11.5 Å². The Hall–Kier alpha value is -2.80. The van der Waals surface area contributed by atoms with Gasteiger partial charge in [-0.25, -0.2) is 18.1 Å². The number of carbonyl (C=O) groups excluding carboxylic acids is 1. The highest BCUT2D eigenvalue weighted by Crippen LogP contribution is 2.27. The van der Waals surface area contributed by atoms with Gasteiger partial charge >= 0.3 is 0 Å². The molecule has 0 aliphatic rings. The number of aromatic nitrogens is 5. The standard InChI is InChI=1S/C14H17N7O4S2/c1-7-5-8(2)15-11-10(7)12(19-21(11)3)25-6-9(22)16-13-17-18-14(26-13)20-27(4,23)24/h5H,6H2,1-4H3,(H,18,20)(H,16,17,22). The lowest BCUT2D eigenvalue weighted by molar-refractivity contribution is -0.118. The van der Waals surface area contributed by atoms with Gasteiger partial charge in [0.1, 0.15) is 0 Å².